The fraction of sp³-hybridized carbons (Fsp3) is 0.0625. The number of pyridine rings is 1. The first-order valence-corrected chi connectivity index (χ1v) is 8.08. The standard InChI is InChI=1S/C16H7F5N2O3S/c17-10-11(18)13(20)15(14(21)12(10)19)25-16(24)8-5-23-26-9(8)6-27-7-2-1-3-22-4-7/h1-5H,6H2. The van der Waals surface area contributed by atoms with Gasteiger partial charge in [-0.25, -0.2) is 18.0 Å². The van der Waals surface area contributed by atoms with Gasteiger partial charge in [0, 0.05) is 17.3 Å². The van der Waals surface area contributed by atoms with Crippen LogP contribution in [0.1, 0.15) is 16.1 Å². The minimum absolute atomic E-state index is 0.0160. The highest BCUT2D eigenvalue weighted by molar-refractivity contribution is 7.98. The van der Waals surface area contributed by atoms with Crippen molar-refractivity contribution in [2.24, 2.45) is 0 Å². The van der Waals surface area contributed by atoms with E-state index in [1.54, 1.807) is 24.5 Å². The van der Waals surface area contributed by atoms with E-state index < -0.39 is 40.8 Å². The average molecular weight is 402 g/mol. The van der Waals surface area contributed by atoms with Crippen molar-refractivity contribution in [3.05, 3.63) is 71.1 Å². The largest absolute Gasteiger partial charge is 0.416 e. The highest BCUT2D eigenvalue weighted by Gasteiger charge is 2.30. The second kappa shape index (κ2) is 7.74. The van der Waals surface area contributed by atoms with Gasteiger partial charge in [-0.3, -0.25) is 4.98 Å². The molecule has 0 amide bonds. The molecule has 140 valence electrons. The first kappa shape index (κ1) is 18.8. The van der Waals surface area contributed by atoms with Crippen LogP contribution in [0.25, 0.3) is 0 Å². The van der Waals surface area contributed by atoms with Gasteiger partial charge in [-0.2, -0.15) is 8.78 Å². The highest BCUT2D eigenvalue weighted by Crippen LogP contribution is 2.30. The first-order valence-electron chi connectivity index (χ1n) is 7.10. The zero-order valence-corrected chi connectivity index (χ0v) is 13.8. The van der Waals surface area contributed by atoms with E-state index in [1.165, 1.54) is 11.8 Å². The Kier molecular flexibility index (Phi) is 5.40. The Hall–Kier alpha value is -2.95. The van der Waals surface area contributed by atoms with Crippen LogP contribution in [0.15, 0.2) is 40.1 Å². The summed E-state index contributed by atoms with van der Waals surface area (Å²) in [6, 6.07) is 3.42. The molecule has 5 nitrogen and oxygen atoms in total. The van der Waals surface area contributed by atoms with Crippen molar-refractivity contribution in [2.75, 3.05) is 0 Å². The minimum atomic E-state index is -2.36. The van der Waals surface area contributed by atoms with Crippen LogP contribution in [0.5, 0.6) is 5.75 Å². The van der Waals surface area contributed by atoms with Gasteiger partial charge in [0.15, 0.2) is 5.76 Å². The molecule has 0 unspecified atom stereocenters. The molecule has 3 aromatic rings. The summed E-state index contributed by atoms with van der Waals surface area (Å²) in [7, 11) is 0. The summed E-state index contributed by atoms with van der Waals surface area (Å²) in [4.78, 5) is 16.7. The lowest BCUT2D eigenvalue weighted by Crippen LogP contribution is -2.14. The summed E-state index contributed by atoms with van der Waals surface area (Å²) in [5, 5.41) is 3.39. The Morgan fingerprint density at radius 3 is 2.33 bits per heavy atom. The molecule has 27 heavy (non-hydrogen) atoms. The van der Waals surface area contributed by atoms with Crippen molar-refractivity contribution in [1.82, 2.24) is 10.1 Å². The number of nitrogens with zero attached hydrogens (tertiary/aromatic N) is 2. The fourth-order valence-electron chi connectivity index (χ4n) is 1.94. The lowest BCUT2D eigenvalue weighted by molar-refractivity contribution is 0.0714. The van der Waals surface area contributed by atoms with Crippen LogP contribution in [0.2, 0.25) is 0 Å². The van der Waals surface area contributed by atoms with Gasteiger partial charge < -0.3 is 9.26 Å². The van der Waals surface area contributed by atoms with Gasteiger partial charge in [-0.1, -0.05) is 5.16 Å². The third-order valence-electron chi connectivity index (χ3n) is 3.23. The number of hydrogen-bond acceptors (Lipinski definition) is 6. The van der Waals surface area contributed by atoms with Gasteiger partial charge in [-0.05, 0) is 12.1 Å². The molecule has 0 bridgehead atoms. The summed E-state index contributed by atoms with van der Waals surface area (Å²) < 4.78 is 75.9. The second-order valence-electron chi connectivity index (χ2n) is 4.93. The van der Waals surface area contributed by atoms with E-state index in [-0.39, 0.29) is 17.1 Å². The van der Waals surface area contributed by atoms with Crippen LogP contribution in [0.4, 0.5) is 22.0 Å². The van der Waals surface area contributed by atoms with E-state index in [0.717, 1.165) is 11.1 Å². The topological polar surface area (TPSA) is 65.2 Å². The van der Waals surface area contributed by atoms with Crippen molar-refractivity contribution in [2.45, 2.75) is 10.6 Å². The average Bonchev–Trinajstić information content (AvgIpc) is 3.16. The van der Waals surface area contributed by atoms with Crippen molar-refractivity contribution in [3.8, 4) is 5.75 Å². The Labute approximate surface area is 152 Å². The number of esters is 1. The van der Waals surface area contributed by atoms with E-state index in [4.69, 9.17) is 4.52 Å². The van der Waals surface area contributed by atoms with Gasteiger partial charge in [0.1, 0.15) is 5.56 Å². The van der Waals surface area contributed by atoms with Crippen molar-refractivity contribution in [3.63, 3.8) is 0 Å². The number of ether oxygens (including phenoxy) is 1. The van der Waals surface area contributed by atoms with Crippen molar-refractivity contribution >= 4 is 17.7 Å². The molecule has 0 atom stereocenters. The molecule has 0 spiro atoms. The van der Waals surface area contributed by atoms with E-state index in [9.17, 15) is 26.7 Å². The molecule has 1 aromatic carbocycles. The summed E-state index contributed by atoms with van der Waals surface area (Å²) in [6.07, 6.45) is 4.02. The lowest BCUT2D eigenvalue weighted by Gasteiger charge is -2.08. The summed E-state index contributed by atoms with van der Waals surface area (Å²) in [6.45, 7) is 0. The number of thioether (sulfide) groups is 1. The van der Waals surface area contributed by atoms with Crippen LogP contribution in [0, 0.1) is 29.1 Å². The summed E-state index contributed by atoms with van der Waals surface area (Å²) >= 11 is 1.21. The quantitative estimate of drug-likeness (QED) is 0.159. The van der Waals surface area contributed by atoms with Crippen molar-refractivity contribution in [1.29, 1.82) is 0 Å². The molecule has 3 rings (SSSR count). The van der Waals surface area contributed by atoms with Gasteiger partial charge in [-0.15, -0.1) is 11.8 Å². The lowest BCUT2D eigenvalue weighted by atomic mass is 10.2. The van der Waals surface area contributed by atoms with E-state index in [0.29, 0.717) is 0 Å². The van der Waals surface area contributed by atoms with Gasteiger partial charge in [0.05, 0.1) is 11.9 Å². The maximum atomic E-state index is 13.6. The monoisotopic (exact) mass is 402 g/mol. The number of benzene rings is 1. The Bertz CT molecular complexity index is 968. The Morgan fingerprint density at radius 1 is 1.04 bits per heavy atom. The SMILES string of the molecule is O=C(Oc1c(F)c(F)c(F)c(F)c1F)c1cnoc1CSc1cccnc1. The van der Waals surface area contributed by atoms with E-state index in [2.05, 4.69) is 14.9 Å². The van der Waals surface area contributed by atoms with Crippen LogP contribution >= 0.6 is 11.8 Å². The van der Waals surface area contributed by atoms with E-state index in [1.807, 2.05) is 0 Å². The minimum Gasteiger partial charge on any atom is -0.416 e. The molecule has 0 saturated carbocycles. The van der Waals surface area contributed by atoms with Crippen LogP contribution < -0.4 is 4.74 Å². The molecule has 11 heteroatoms. The zero-order chi connectivity index (χ0) is 19.6. The molecule has 0 N–H and O–H groups in total. The molecule has 0 radical (unpaired) electrons. The second-order valence-corrected chi connectivity index (χ2v) is 5.98. The smallest absolute Gasteiger partial charge is 0.349 e. The number of carbonyl (C=O) groups excluding carboxylic acids is 1. The molecule has 0 saturated heterocycles. The van der Waals surface area contributed by atoms with Gasteiger partial charge in [0.2, 0.25) is 34.8 Å². The maximum Gasteiger partial charge on any atom is 0.349 e. The van der Waals surface area contributed by atoms with Gasteiger partial charge >= 0.3 is 5.97 Å². The molecule has 0 aliphatic heterocycles. The maximum absolute atomic E-state index is 13.6. The molecular weight excluding hydrogens is 395 g/mol. The zero-order valence-electron chi connectivity index (χ0n) is 13.0. The Morgan fingerprint density at radius 2 is 1.70 bits per heavy atom. The van der Waals surface area contributed by atoms with Crippen molar-refractivity contribution < 1.29 is 36.0 Å². The summed E-state index contributed by atoms with van der Waals surface area (Å²) in [5.41, 5.74) is -0.324. The van der Waals surface area contributed by atoms with Crippen LogP contribution in [-0.2, 0) is 5.75 Å². The molecule has 0 aliphatic rings. The number of halogens is 5. The molecule has 0 aliphatic carbocycles. The predicted octanol–water partition coefficient (Wildman–Crippen LogP) is 4.28. The number of carbonyl (C=O) groups is 1. The first-order chi connectivity index (χ1) is 12.9. The fourth-order valence-corrected chi connectivity index (χ4v) is 2.75. The summed E-state index contributed by atoms with van der Waals surface area (Å²) in [5.74, 6) is -14.4. The molecular formula is C16H7F5N2O3S. The molecule has 2 aromatic heterocycles. The highest BCUT2D eigenvalue weighted by atomic mass is 32.2. The molecule has 2 heterocycles. The predicted molar refractivity (Wildman–Crippen MR) is 81.5 cm³/mol. The van der Waals surface area contributed by atoms with Crippen LogP contribution in [0.3, 0.4) is 0 Å². The van der Waals surface area contributed by atoms with Gasteiger partial charge in [0.25, 0.3) is 0 Å². The normalized spacial score (nSPS) is 10.9. The number of rotatable bonds is 5. The Balaban J connectivity index is 1.82. The number of hydrogen-bond donors (Lipinski definition) is 0. The van der Waals surface area contributed by atoms with E-state index >= 15 is 0 Å². The number of aromatic nitrogens is 2. The third kappa shape index (κ3) is 3.77. The third-order valence-corrected chi connectivity index (χ3v) is 4.21. The molecule has 0 fully saturated rings. The van der Waals surface area contributed by atoms with Crippen LogP contribution in [-0.4, -0.2) is 16.1 Å².